The Kier molecular flexibility index (Phi) is 10.5. The quantitative estimate of drug-likeness (QED) is 0.180. The first kappa shape index (κ1) is 32.2. The van der Waals surface area contributed by atoms with Crippen LogP contribution >= 0.6 is 11.6 Å². The fourth-order valence-corrected chi connectivity index (χ4v) is 6.40. The number of ether oxygens (including phenoxy) is 1. The summed E-state index contributed by atoms with van der Waals surface area (Å²) in [6.45, 7) is 0.468. The third kappa shape index (κ3) is 8.94. The zero-order valence-electron chi connectivity index (χ0n) is 25.0. The van der Waals surface area contributed by atoms with Crippen LogP contribution in [-0.4, -0.2) is 38.3 Å². The number of nitrogens with zero attached hydrogens (tertiary/aromatic N) is 1. The van der Waals surface area contributed by atoms with E-state index in [1.807, 2.05) is 66.7 Å². The van der Waals surface area contributed by atoms with Crippen LogP contribution in [0.5, 0.6) is 5.75 Å². The molecule has 0 radical (unpaired) electrons. The van der Waals surface area contributed by atoms with Crippen LogP contribution in [-0.2, 0) is 39.1 Å². The van der Waals surface area contributed by atoms with E-state index in [4.69, 9.17) is 16.3 Å². The molecular formula is C35H36ClN3O5S. The molecule has 1 aliphatic carbocycles. The molecule has 1 aliphatic rings. The fourth-order valence-electron chi connectivity index (χ4n) is 4.97. The minimum absolute atomic E-state index is 0.0184. The molecule has 2 N–H and O–H groups in total. The largest absolute Gasteiger partial charge is 0.497 e. The van der Waals surface area contributed by atoms with Crippen molar-refractivity contribution in [3.63, 3.8) is 0 Å². The maximum atomic E-state index is 14.0. The van der Waals surface area contributed by atoms with E-state index in [9.17, 15) is 18.0 Å². The number of carbonyl (C=O) groups is 2. The first-order valence-electron chi connectivity index (χ1n) is 14.8. The lowest BCUT2D eigenvalue weighted by molar-refractivity contribution is -0.141. The first-order chi connectivity index (χ1) is 21.7. The van der Waals surface area contributed by atoms with E-state index in [1.165, 1.54) is 0 Å². The molecule has 0 unspecified atom stereocenters. The number of methoxy groups -OCH3 is 1. The van der Waals surface area contributed by atoms with Gasteiger partial charge in [-0.2, -0.15) is 0 Å². The Hall–Kier alpha value is -4.18. The third-order valence-corrected chi connectivity index (χ3v) is 9.44. The maximum absolute atomic E-state index is 14.0. The predicted molar refractivity (Wildman–Crippen MR) is 174 cm³/mol. The molecule has 45 heavy (non-hydrogen) atoms. The number of benzene rings is 4. The number of hydrogen-bond donors (Lipinski definition) is 2. The standard InChI is InChI=1S/C35H36ClN3O5S/c1-44-31-18-9-26(10-19-31)23-37-35(41)34(28-5-3-2-4-6-28)39(24-27-7-14-29(36)15-8-27)33(40)22-13-25-11-20-32(21-12-25)45(42,43)38-30-16-17-30/h2-12,14-15,18-21,30,34,38H,13,16-17,22-24H2,1H3,(H,37,41)/t34-/m1/s1. The predicted octanol–water partition coefficient (Wildman–Crippen LogP) is 5.81. The number of hydrogen-bond acceptors (Lipinski definition) is 5. The summed E-state index contributed by atoms with van der Waals surface area (Å²) in [5, 5.41) is 3.59. The van der Waals surface area contributed by atoms with Crippen LogP contribution < -0.4 is 14.8 Å². The molecule has 0 heterocycles. The summed E-state index contributed by atoms with van der Waals surface area (Å²) in [4.78, 5) is 29.7. The Morgan fingerprint density at radius 2 is 1.49 bits per heavy atom. The Bertz CT molecular complexity index is 1690. The molecule has 2 amide bonds. The topological polar surface area (TPSA) is 105 Å². The van der Waals surface area contributed by atoms with Gasteiger partial charge in [0.2, 0.25) is 21.8 Å². The molecule has 234 valence electrons. The molecule has 0 saturated heterocycles. The minimum atomic E-state index is -3.56. The molecule has 0 bridgehead atoms. The van der Waals surface area contributed by atoms with E-state index in [0.717, 1.165) is 35.3 Å². The number of nitrogens with one attached hydrogen (secondary N) is 2. The van der Waals surface area contributed by atoms with Gasteiger partial charge in [-0.05, 0) is 77.9 Å². The number of carbonyl (C=O) groups excluding carboxylic acids is 2. The normalized spacial score (nSPS) is 13.6. The van der Waals surface area contributed by atoms with Crippen LogP contribution in [0, 0.1) is 0 Å². The fraction of sp³-hybridized carbons (Fsp3) is 0.257. The van der Waals surface area contributed by atoms with E-state index >= 15 is 0 Å². The summed E-state index contributed by atoms with van der Waals surface area (Å²) >= 11 is 6.13. The molecule has 1 saturated carbocycles. The molecule has 5 rings (SSSR count). The first-order valence-corrected chi connectivity index (χ1v) is 16.7. The highest BCUT2D eigenvalue weighted by Gasteiger charge is 2.31. The van der Waals surface area contributed by atoms with Crippen molar-refractivity contribution in [2.75, 3.05) is 7.11 Å². The van der Waals surface area contributed by atoms with Gasteiger partial charge in [0.15, 0.2) is 0 Å². The van der Waals surface area contributed by atoms with Gasteiger partial charge in [0.1, 0.15) is 11.8 Å². The Morgan fingerprint density at radius 3 is 2.11 bits per heavy atom. The van der Waals surface area contributed by atoms with Crippen LogP contribution in [0.2, 0.25) is 5.02 Å². The molecule has 1 fully saturated rings. The molecule has 4 aromatic rings. The van der Waals surface area contributed by atoms with Crippen molar-refractivity contribution in [1.29, 1.82) is 0 Å². The zero-order chi connectivity index (χ0) is 31.8. The van der Waals surface area contributed by atoms with E-state index in [1.54, 1.807) is 48.4 Å². The molecule has 0 aromatic heterocycles. The summed E-state index contributed by atoms with van der Waals surface area (Å²) in [6.07, 6.45) is 2.21. The van der Waals surface area contributed by atoms with Crippen LogP contribution in [0.25, 0.3) is 0 Å². The molecule has 1 atom stereocenters. The second kappa shape index (κ2) is 14.7. The van der Waals surface area contributed by atoms with Crippen LogP contribution in [0.1, 0.15) is 47.6 Å². The van der Waals surface area contributed by atoms with Crippen molar-refractivity contribution < 1.29 is 22.7 Å². The van der Waals surface area contributed by atoms with E-state index in [-0.39, 0.29) is 42.3 Å². The molecule has 0 aliphatic heterocycles. The van der Waals surface area contributed by atoms with Gasteiger partial charge in [0.25, 0.3) is 0 Å². The van der Waals surface area contributed by atoms with Gasteiger partial charge in [0.05, 0.1) is 12.0 Å². The molecule has 10 heteroatoms. The summed E-state index contributed by atoms with van der Waals surface area (Å²) in [5.74, 6) is 0.195. The monoisotopic (exact) mass is 645 g/mol. The number of rotatable bonds is 14. The van der Waals surface area contributed by atoms with Gasteiger partial charge in [-0.3, -0.25) is 9.59 Å². The SMILES string of the molecule is COc1ccc(CNC(=O)[C@@H](c2ccccc2)N(Cc2ccc(Cl)cc2)C(=O)CCc2ccc(S(=O)(=O)NC3CC3)cc2)cc1. The molecular weight excluding hydrogens is 610 g/mol. The number of amides is 2. The van der Waals surface area contributed by atoms with E-state index in [2.05, 4.69) is 10.0 Å². The van der Waals surface area contributed by atoms with Gasteiger partial charge in [0, 0.05) is 30.6 Å². The lowest BCUT2D eigenvalue weighted by atomic mass is 10.0. The summed E-state index contributed by atoms with van der Waals surface area (Å²) in [6, 6.07) is 29.6. The highest BCUT2D eigenvalue weighted by atomic mass is 35.5. The van der Waals surface area contributed by atoms with Crippen molar-refractivity contribution in [1.82, 2.24) is 14.9 Å². The Balaban J connectivity index is 1.36. The lowest BCUT2D eigenvalue weighted by Crippen LogP contribution is -2.43. The molecule has 8 nitrogen and oxygen atoms in total. The van der Waals surface area contributed by atoms with Crippen molar-refractivity contribution in [3.05, 3.63) is 130 Å². The zero-order valence-corrected chi connectivity index (χ0v) is 26.6. The highest BCUT2D eigenvalue weighted by Crippen LogP contribution is 2.27. The minimum Gasteiger partial charge on any atom is -0.497 e. The second-order valence-electron chi connectivity index (χ2n) is 11.1. The number of sulfonamides is 1. The molecule has 4 aromatic carbocycles. The number of aryl methyl sites for hydroxylation is 1. The maximum Gasteiger partial charge on any atom is 0.247 e. The van der Waals surface area contributed by atoms with Crippen molar-refractivity contribution in [3.8, 4) is 5.75 Å². The molecule has 0 spiro atoms. The summed E-state index contributed by atoms with van der Waals surface area (Å²) in [5.41, 5.74) is 3.23. The van der Waals surface area contributed by atoms with Crippen LogP contribution in [0.3, 0.4) is 0 Å². The van der Waals surface area contributed by atoms with Crippen molar-refractivity contribution >= 4 is 33.4 Å². The third-order valence-electron chi connectivity index (χ3n) is 7.65. The summed E-state index contributed by atoms with van der Waals surface area (Å²) < 4.78 is 33.0. The second-order valence-corrected chi connectivity index (χ2v) is 13.2. The van der Waals surface area contributed by atoms with Gasteiger partial charge >= 0.3 is 0 Å². The lowest BCUT2D eigenvalue weighted by Gasteiger charge is -2.32. The van der Waals surface area contributed by atoms with E-state index < -0.39 is 16.1 Å². The van der Waals surface area contributed by atoms with Crippen molar-refractivity contribution in [2.24, 2.45) is 0 Å². The summed E-state index contributed by atoms with van der Waals surface area (Å²) in [7, 11) is -1.96. The van der Waals surface area contributed by atoms with Gasteiger partial charge in [-0.25, -0.2) is 13.1 Å². The highest BCUT2D eigenvalue weighted by molar-refractivity contribution is 7.89. The smallest absolute Gasteiger partial charge is 0.247 e. The Labute approximate surface area is 269 Å². The van der Waals surface area contributed by atoms with E-state index in [0.29, 0.717) is 17.0 Å². The van der Waals surface area contributed by atoms with Gasteiger partial charge < -0.3 is 15.0 Å². The average Bonchev–Trinajstić information content (AvgIpc) is 3.87. The van der Waals surface area contributed by atoms with Gasteiger partial charge in [-0.15, -0.1) is 0 Å². The Morgan fingerprint density at radius 1 is 0.867 bits per heavy atom. The number of halogens is 1. The van der Waals surface area contributed by atoms with Gasteiger partial charge in [-0.1, -0.05) is 78.3 Å². The van der Waals surface area contributed by atoms with Crippen LogP contribution in [0.15, 0.2) is 108 Å². The van der Waals surface area contributed by atoms with Crippen LogP contribution in [0.4, 0.5) is 0 Å². The van der Waals surface area contributed by atoms with Crippen molar-refractivity contribution in [2.45, 2.75) is 55.8 Å². The average molecular weight is 646 g/mol.